The third-order valence-corrected chi connectivity index (χ3v) is 1.75. The number of methoxy groups -OCH3 is 1. The average Bonchev–Trinajstić information content (AvgIpc) is 2.40. The minimum atomic E-state index is 0.529. The number of hydrogen-bond donors (Lipinski definition) is 0. The minimum absolute atomic E-state index is 0.529. The number of carbonyl (C=O) groups excluding carboxylic acids is 1. The fraction of sp³-hybridized carbons (Fsp3) is 0.500. The summed E-state index contributed by atoms with van der Waals surface area (Å²) < 4.78 is 6.59. The summed E-state index contributed by atoms with van der Waals surface area (Å²) in [6, 6.07) is 0. The van der Waals surface area contributed by atoms with E-state index < -0.39 is 0 Å². The van der Waals surface area contributed by atoms with Gasteiger partial charge in [0.1, 0.15) is 0 Å². The molecule has 1 rings (SSSR count). The third-order valence-electron chi connectivity index (χ3n) is 1.75. The summed E-state index contributed by atoms with van der Waals surface area (Å²) in [5.41, 5.74) is 1.34. The van der Waals surface area contributed by atoms with E-state index in [1.54, 1.807) is 11.7 Å². The number of aryl methyl sites for hydroxylation is 2. The van der Waals surface area contributed by atoms with Gasteiger partial charge in [0, 0.05) is 7.05 Å². The smallest absolute Gasteiger partial charge is 0.222 e. The van der Waals surface area contributed by atoms with E-state index in [0.717, 1.165) is 18.4 Å². The Bertz CT molecular complexity index is 291. The van der Waals surface area contributed by atoms with Gasteiger partial charge in [0.2, 0.25) is 5.88 Å². The monoisotopic (exact) mass is 168 g/mol. The molecular weight excluding hydrogens is 156 g/mol. The Morgan fingerprint density at radius 3 is 2.75 bits per heavy atom. The molecule has 1 heterocycles. The Labute approximate surface area is 71.1 Å². The standard InChI is InChI=1S/C8H12N2O2/c1-4-7-6(5-11)8(12-3)10(2)9-7/h5H,4H2,1-3H3. The number of rotatable bonds is 3. The van der Waals surface area contributed by atoms with E-state index in [1.165, 1.54) is 7.11 Å². The highest BCUT2D eigenvalue weighted by atomic mass is 16.5. The molecule has 0 unspecified atom stereocenters. The maximum atomic E-state index is 10.6. The van der Waals surface area contributed by atoms with Gasteiger partial charge < -0.3 is 4.74 Å². The van der Waals surface area contributed by atoms with Crippen LogP contribution in [0.15, 0.2) is 0 Å². The lowest BCUT2D eigenvalue weighted by Crippen LogP contribution is -1.96. The predicted octanol–water partition coefficient (Wildman–Crippen LogP) is 0.804. The zero-order chi connectivity index (χ0) is 9.14. The van der Waals surface area contributed by atoms with Gasteiger partial charge in [0.25, 0.3) is 0 Å². The van der Waals surface area contributed by atoms with Crippen LogP contribution in [0.1, 0.15) is 23.0 Å². The maximum absolute atomic E-state index is 10.6. The second-order valence-electron chi connectivity index (χ2n) is 2.46. The second-order valence-corrected chi connectivity index (χ2v) is 2.46. The second kappa shape index (κ2) is 3.38. The van der Waals surface area contributed by atoms with Crippen LogP contribution in [0, 0.1) is 0 Å². The molecule has 0 aliphatic heterocycles. The molecule has 1 aromatic rings. The van der Waals surface area contributed by atoms with Gasteiger partial charge in [-0.3, -0.25) is 4.79 Å². The molecule has 4 heteroatoms. The largest absolute Gasteiger partial charge is 0.481 e. The average molecular weight is 168 g/mol. The van der Waals surface area contributed by atoms with E-state index in [9.17, 15) is 4.79 Å². The molecule has 0 fully saturated rings. The summed E-state index contributed by atoms with van der Waals surface area (Å²) in [5.74, 6) is 0.529. The first-order chi connectivity index (χ1) is 5.74. The van der Waals surface area contributed by atoms with E-state index >= 15 is 0 Å². The Kier molecular flexibility index (Phi) is 2.47. The van der Waals surface area contributed by atoms with Crippen molar-refractivity contribution in [3.05, 3.63) is 11.3 Å². The summed E-state index contributed by atoms with van der Waals surface area (Å²) >= 11 is 0. The molecule has 0 radical (unpaired) electrons. The lowest BCUT2D eigenvalue weighted by atomic mass is 10.2. The fourth-order valence-corrected chi connectivity index (χ4v) is 1.20. The van der Waals surface area contributed by atoms with Crippen molar-refractivity contribution in [3.63, 3.8) is 0 Å². The quantitative estimate of drug-likeness (QED) is 0.627. The SMILES string of the molecule is CCc1nn(C)c(OC)c1C=O. The molecular formula is C8H12N2O2. The normalized spacial score (nSPS) is 9.92. The summed E-state index contributed by atoms with van der Waals surface area (Å²) in [6.07, 6.45) is 1.52. The Morgan fingerprint density at radius 1 is 1.67 bits per heavy atom. The van der Waals surface area contributed by atoms with Crippen LogP contribution in [-0.2, 0) is 13.5 Å². The molecule has 66 valence electrons. The zero-order valence-corrected chi connectivity index (χ0v) is 7.50. The van der Waals surface area contributed by atoms with E-state index in [2.05, 4.69) is 5.10 Å². The van der Waals surface area contributed by atoms with Crippen molar-refractivity contribution in [2.75, 3.05) is 7.11 Å². The minimum Gasteiger partial charge on any atom is -0.481 e. The molecule has 0 amide bonds. The number of ether oxygens (including phenoxy) is 1. The number of aldehydes is 1. The number of nitrogens with zero attached hydrogens (tertiary/aromatic N) is 2. The van der Waals surface area contributed by atoms with Crippen molar-refractivity contribution in [3.8, 4) is 5.88 Å². The zero-order valence-electron chi connectivity index (χ0n) is 7.50. The highest BCUT2D eigenvalue weighted by molar-refractivity contribution is 5.80. The molecule has 0 aliphatic rings. The van der Waals surface area contributed by atoms with Crippen LogP contribution in [0.2, 0.25) is 0 Å². The molecule has 0 bridgehead atoms. The lowest BCUT2D eigenvalue weighted by Gasteiger charge is -1.98. The van der Waals surface area contributed by atoms with Gasteiger partial charge >= 0.3 is 0 Å². The molecule has 0 aliphatic carbocycles. The number of aromatic nitrogens is 2. The van der Waals surface area contributed by atoms with Crippen molar-refractivity contribution in [1.29, 1.82) is 0 Å². The fourth-order valence-electron chi connectivity index (χ4n) is 1.20. The number of carbonyl (C=O) groups is 1. The van der Waals surface area contributed by atoms with Crippen LogP contribution in [-0.4, -0.2) is 23.2 Å². The Hall–Kier alpha value is -1.32. The molecule has 0 saturated heterocycles. The van der Waals surface area contributed by atoms with Crippen molar-refractivity contribution >= 4 is 6.29 Å². The van der Waals surface area contributed by atoms with Crippen LogP contribution in [0.5, 0.6) is 5.88 Å². The van der Waals surface area contributed by atoms with E-state index in [4.69, 9.17) is 4.74 Å². The first kappa shape index (κ1) is 8.77. The van der Waals surface area contributed by atoms with Crippen LogP contribution < -0.4 is 4.74 Å². The highest BCUT2D eigenvalue weighted by Gasteiger charge is 2.13. The Morgan fingerprint density at radius 2 is 2.33 bits per heavy atom. The summed E-state index contributed by atoms with van der Waals surface area (Å²) in [5, 5.41) is 4.13. The lowest BCUT2D eigenvalue weighted by molar-refractivity contribution is 0.111. The van der Waals surface area contributed by atoms with Gasteiger partial charge in [-0.2, -0.15) is 5.10 Å². The maximum Gasteiger partial charge on any atom is 0.222 e. The Balaban J connectivity index is 3.25. The van der Waals surface area contributed by atoms with Gasteiger partial charge in [-0.1, -0.05) is 6.92 Å². The molecule has 0 spiro atoms. The summed E-state index contributed by atoms with van der Waals surface area (Å²) in [6.45, 7) is 1.95. The summed E-state index contributed by atoms with van der Waals surface area (Å²) in [4.78, 5) is 10.6. The third kappa shape index (κ3) is 1.20. The predicted molar refractivity (Wildman–Crippen MR) is 44.5 cm³/mol. The van der Waals surface area contributed by atoms with Gasteiger partial charge in [0.05, 0.1) is 18.4 Å². The van der Waals surface area contributed by atoms with Gasteiger partial charge in [-0.25, -0.2) is 4.68 Å². The van der Waals surface area contributed by atoms with E-state index in [-0.39, 0.29) is 0 Å². The van der Waals surface area contributed by atoms with Crippen LogP contribution in [0.4, 0.5) is 0 Å². The van der Waals surface area contributed by atoms with Crippen molar-refractivity contribution in [1.82, 2.24) is 9.78 Å². The molecule has 4 nitrogen and oxygen atoms in total. The van der Waals surface area contributed by atoms with Gasteiger partial charge in [-0.05, 0) is 6.42 Å². The topological polar surface area (TPSA) is 44.1 Å². The van der Waals surface area contributed by atoms with Gasteiger partial charge in [-0.15, -0.1) is 0 Å². The van der Waals surface area contributed by atoms with Crippen molar-refractivity contribution < 1.29 is 9.53 Å². The van der Waals surface area contributed by atoms with Crippen molar-refractivity contribution in [2.45, 2.75) is 13.3 Å². The molecule has 0 saturated carbocycles. The van der Waals surface area contributed by atoms with E-state index in [1.807, 2.05) is 6.92 Å². The first-order valence-electron chi connectivity index (χ1n) is 3.79. The molecule has 0 N–H and O–H groups in total. The van der Waals surface area contributed by atoms with Gasteiger partial charge in [0.15, 0.2) is 6.29 Å². The van der Waals surface area contributed by atoms with E-state index in [0.29, 0.717) is 11.4 Å². The number of hydrogen-bond acceptors (Lipinski definition) is 3. The van der Waals surface area contributed by atoms with Crippen molar-refractivity contribution in [2.24, 2.45) is 7.05 Å². The van der Waals surface area contributed by atoms with Crippen LogP contribution in [0.3, 0.4) is 0 Å². The molecule has 0 atom stereocenters. The molecule has 12 heavy (non-hydrogen) atoms. The molecule has 0 aromatic carbocycles. The summed E-state index contributed by atoms with van der Waals surface area (Å²) in [7, 11) is 3.29. The first-order valence-corrected chi connectivity index (χ1v) is 3.79. The van der Waals surface area contributed by atoms with Crippen LogP contribution >= 0.6 is 0 Å². The molecule has 1 aromatic heterocycles. The highest BCUT2D eigenvalue weighted by Crippen LogP contribution is 2.19. The van der Waals surface area contributed by atoms with Crippen LogP contribution in [0.25, 0.3) is 0 Å².